The third kappa shape index (κ3) is 2.92. The van der Waals surface area contributed by atoms with Crippen molar-refractivity contribution < 1.29 is 14.6 Å². The molecule has 0 aliphatic heterocycles. The molecule has 1 heterocycles. The quantitative estimate of drug-likeness (QED) is 0.806. The van der Waals surface area contributed by atoms with E-state index in [0.29, 0.717) is 14.9 Å². The van der Waals surface area contributed by atoms with E-state index in [1.54, 1.807) is 6.92 Å². The zero-order valence-corrected chi connectivity index (χ0v) is 12.0. The van der Waals surface area contributed by atoms with Gasteiger partial charge in [-0.05, 0) is 53.3 Å². The number of rotatable bonds is 3. The SMILES string of the molecule is Cc1cc(C(=O)O)ccc1Oc1nc[nH]c(=O)c1I. The molecule has 1 aromatic carbocycles. The molecule has 1 aromatic heterocycles. The first kappa shape index (κ1) is 13.5. The third-order valence-corrected chi connectivity index (χ3v) is 3.34. The lowest BCUT2D eigenvalue weighted by Crippen LogP contribution is -2.11. The highest BCUT2D eigenvalue weighted by atomic mass is 127. The molecular formula is C12H9IN2O4. The van der Waals surface area contributed by atoms with Crippen molar-refractivity contribution in [1.82, 2.24) is 9.97 Å². The number of carboxylic acids is 1. The number of aryl methyl sites for hydroxylation is 1. The molecule has 0 fully saturated rings. The van der Waals surface area contributed by atoms with Gasteiger partial charge in [0.25, 0.3) is 5.56 Å². The first-order chi connectivity index (χ1) is 8.99. The van der Waals surface area contributed by atoms with Crippen molar-refractivity contribution in [2.75, 3.05) is 0 Å². The van der Waals surface area contributed by atoms with Crippen molar-refractivity contribution in [2.45, 2.75) is 6.92 Å². The van der Waals surface area contributed by atoms with Crippen LogP contribution in [0.2, 0.25) is 0 Å². The number of carboxylic acid groups (broad SMARTS) is 1. The highest BCUT2D eigenvalue weighted by Crippen LogP contribution is 2.26. The normalized spacial score (nSPS) is 10.2. The van der Waals surface area contributed by atoms with Crippen LogP contribution in [-0.4, -0.2) is 21.0 Å². The Bertz CT molecular complexity index is 696. The zero-order chi connectivity index (χ0) is 14.0. The summed E-state index contributed by atoms with van der Waals surface area (Å²) in [5.74, 6) is -0.352. The van der Waals surface area contributed by atoms with Gasteiger partial charge < -0.3 is 14.8 Å². The monoisotopic (exact) mass is 372 g/mol. The molecule has 0 spiro atoms. The van der Waals surface area contributed by atoms with E-state index < -0.39 is 5.97 Å². The molecule has 7 heteroatoms. The molecule has 0 unspecified atom stereocenters. The van der Waals surface area contributed by atoms with E-state index in [1.807, 2.05) is 22.6 Å². The molecule has 2 aromatic rings. The fourth-order valence-electron chi connectivity index (χ4n) is 1.44. The minimum atomic E-state index is -1.00. The Morgan fingerprint density at radius 3 is 2.84 bits per heavy atom. The Morgan fingerprint density at radius 2 is 2.21 bits per heavy atom. The lowest BCUT2D eigenvalue weighted by atomic mass is 10.1. The fourth-order valence-corrected chi connectivity index (χ4v) is 1.84. The minimum Gasteiger partial charge on any atom is -0.478 e. The van der Waals surface area contributed by atoms with Gasteiger partial charge in [0.05, 0.1) is 11.9 Å². The van der Waals surface area contributed by atoms with Crippen LogP contribution in [0.25, 0.3) is 0 Å². The summed E-state index contributed by atoms with van der Waals surface area (Å²) in [5, 5.41) is 8.87. The number of aromatic carboxylic acids is 1. The molecule has 6 nitrogen and oxygen atoms in total. The molecular weight excluding hydrogens is 363 g/mol. The molecule has 0 atom stereocenters. The number of nitrogens with zero attached hydrogens (tertiary/aromatic N) is 1. The highest BCUT2D eigenvalue weighted by molar-refractivity contribution is 14.1. The second-order valence-corrected chi connectivity index (χ2v) is 4.82. The molecule has 0 radical (unpaired) electrons. The van der Waals surface area contributed by atoms with Gasteiger partial charge in [0.15, 0.2) is 0 Å². The molecule has 98 valence electrons. The summed E-state index contributed by atoms with van der Waals surface area (Å²) < 4.78 is 5.86. The number of hydrogen-bond acceptors (Lipinski definition) is 4. The van der Waals surface area contributed by atoms with Crippen molar-refractivity contribution >= 4 is 28.6 Å². The van der Waals surface area contributed by atoms with Gasteiger partial charge >= 0.3 is 5.97 Å². The number of H-pyrrole nitrogens is 1. The van der Waals surface area contributed by atoms with Gasteiger partial charge in [-0.2, -0.15) is 0 Å². The van der Waals surface area contributed by atoms with Crippen molar-refractivity contribution in [3.63, 3.8) is 0 Å². The maximum absolute atomic E-state index is 11.4. The summed E-state index contributed by atoms with van der Waals surface area (Å²) in [5.41, 5.74) is 0.543. The number of aromatic amines is 1. The maximum Gasteiger partial charge on any atom is 0.335 e. The van der Waals surface area contributed by atoms with Crippen LogP contribution in [0.5, 0.6) is 11.6 Å². The Balaban J connectivity index is 2.36. The van der Waals surface area contributed by atoms with Crippen LogP contribution in [0, 0.1) is 10.5 Å². The van der Waals surface area contributed by atoms with Gasteiger partial charge in [0.1, 0.15) is 9.32 Å². The molecule has 0 aliphatic carbocycles. The van der Waals surface area contributed by atoms with Crippen LogP contribution in [0.3, 0.4) is 0 Å². The first-order valence-corrected chi connectivity index (χ1v) is 6.32. The fraction of sp³-hybridized carbons (Fsp3) is 0.0833. The third-order valence-electron chi connectivity index (χ3n) is 2.39. The predicted octanol–water partition coefficient (Wildman–Crippen LogP) is 2.17. The lowest BCUT2D eigenvalue weighted by molar-refractivity contribution is 0.0697. The van der Waals surface area contributed by atoms with E-state index in [9.17, 15) is 9.59 Å². The number of nitrogens with one attached hydrogen (secondary N) is 1. The summed E-state index contributed by atoms with van der Waals surface area (Å²) >= 11 is 1.84. The van der Waals surface area contributed by atoms with Crippen LogP contribution >= 0.6 is 22.6 Å². The Hall–Kier alpha value is -1.90. The van der Waals surface area contributed by atoms with Gasteiger partial charge in [0, 0.05) is 0 Å². The number of halogens is 1. The van der Waals surface area contributed by atoms with E-state index >= 15 is 0 Å². The summed E-state index contributed by atoms with van der Waals surface area (Å²) in [6.45, 7) is 1.72. The molecule has 0 amide bonds. The smallest absolute Gasteiger partial charge is 0.335 e. The van der Waals surface area contributed by atoms with Crippen LogP contribution in [0.1, 0.15) is 15.9 Å². The lowest BCUT2D eigenvalue weighted by Gasteiger charge is -2.09. The largest absolute Gasteiger partial charge is 0.478 e. The molecule has 0 saturated carbocycles. The first-order valence-electron chi connectivity index (χ1n) is 5.24. The van der Waals surface area contributed by atoms with Gasteiger partial charge in [0.2, 0.25) is 5.88 Å². The number of benzene rings is 1. The van der Waals surface area contributed by atoms with Gasteiger partial charge in [-0.3, -0.25) is 4.79 Å². The summed E-state index contributed by atoms with van der Waals surface area (Å²) in [4.78, 5) is 28.6. The number of aromatic nitrogens is 2. The summed E-state index contributed by atoms with van der Waals surface area (Å²) in [6.07, 6.45) is 1.25. The molecule has 2 N–H and O–H groups in total. The molecule has 0 bridgehead atoms. The van der Waals surface area contributed by atoms with Gasteiger partial charge in [-0.1, -0.05) is 0 Å². The second-order valence-electron chi connectivity index (χ2n) is 3.74. The average Bonchev–Trinajstić information content (AvgIpc) is 2.37. The van der Waals surface area contributed by atoms with Crippen molar-refractivity contribution in [3.8, 4) is 11.6 Å². The van der Waals surface area contributed by atoms with E-state index in [-0.39, 0.29) is 17.0 Å². The van der Waals surface area contributed by atoms with Gasteiger partial charge in [-0.15, -0.1) is 0 Å². The Kier molecular flexibility index (Phi) is 3.84. The minimum absolute atomic E-state index is 0.179. The highest BCUT2D eigenvalue weighted by Gasteiger charge is 2.11. The van der Waals surface area contributed by atoms with Crippen LogP contribution < -0.4 is 10.3 Å². The number of ether oxygens (including phenoxy) is 1. The molecule has 19 heavy (non-hydrogen) atoms. The molecule has 0 aliphatic rings. The standard InChI is InChI=1S/C12H9IN2O4/c1-6-4-7(12(17)18)2-3-8(6)19-11-9(13)10(16)14-5-15-11/h2-5H,1H3,(H,17,18)(H,14,15,16). The Morgan fingerprint density at radius 1 is 1.47 bits per heavy atom. The van der Waals surface area contributed by atoms with Crippen molar-refractivity contribution in [2.24, 2.45) is 0 Å². The summed E-state index contributed by atoms with van der Waals surface area (Å²) in [6, 6.07) is 4.47. The van der Waals surface area contributed by atoms with Crippen molar-refractivity contribution in [1.29, 1.82) is 0 Å². The topological polar surface area (TPSA) is 92.3 Å². The van der Waals surface area contributed by atoms with Crippen molar-refractivity contribution in [3.05, 3.63) is 49.6 Å². The zero-order valence-electron chi connectivity index (χ0n) is 9.81. The predicted molar refractivity (Wildman–Crippen MR) is 75.8 cm³/mol. The average molecular weight is 372 g/mol. The van der Waals surface area contributed by atoms with Gasteiger partial charge in [-0.25, -0.2) is 9.78 Å². The van der Waals surface area contributed by atoms with Crippen LogP contribution in [0.15, 0.2) is 29.3 Å². The molecule has 2 rings (SSSR count). The van der Waals surface area contributed by atoms with Crippen LogP contribution in [0.4, 0.5) is 0 Å². The summed E-state index contributed by atoms with van der Waals surface area (Å²) in [7, 11) is 0. The second kappa shape index (κ2) is 5.39. The number of carbonyl (C=O) groups is 1. The van der Waals surface area contributed by atoms with Crippen LogP contribution in [-0.2, 0) is 0 Å². The van der Waals surface area contributed by atoms with E-state index in [1.165, 1.54) is 24.5 Å². The maximum atomic E-state index is 11.4. The van der Waals surface area contributed by atoms with E-state index in [0.717, 1.165) is 0 Å². The van der Waals surface area contributed by atoms with E-state index in [4.69, 9.17) is 9.84 Å². The molecule has 0 saturated heterocycles. The Labute approximate surface area is 121 Å². The van der Waals surface area contributed by atoms with E-state index in [2.05, 4.69) is 9.97 Å². The number of hydrogen-bond donors (Lipinski definition) is 2.